The van der Waals surface area contributed by atoms with Crippen LogP contribution < -0.4 is 10.1 Å². The minimum Gasteiger partial charge on any atom is -0.493 e. The Balaban J connectivity index is 2.04. The number of benzene rings is 2. The summed E-state index contributed by atoms with van der Waals surface area (Å²) in [4.78, 5) is 14.5. The fourth-order valence-corrected chi connectivity index (χ4v) is 4.94. The molecule has 184 valence electrons. The largest absolute Gasteiger partial charge is 0.493 e. The maximum absolute atomic E-state index is 12.7. The number of nitrogens with one attached hydrogen (secondary N) is 1. The van der Waals surface area contributed by atoms with Crippen LogP contribution in [0.15, 0.2) is 48.5 Å². The van der Waals surface area contributed by atoms with E-state index in [9.17, 15) is 13.2 Å². The van der Waals surface area contributed by atoms with Gasteiger partial charge in [0.05, 0.1) is 12.4 Å². The molecule has 2 aromatic rings. The SMILES string of the molecule is CCN(CC)C(=O)c1ccc(/C2=C/CCNCCCOc3ccc(CS(=O)(=O)CC)cc32)cc1. The topological polar surface area (TPSA) is 75.7 Å². The molecule has 6 nitrogen and oxygen atoms in total. The van der Waals surface area contributed by atoms with Gasteiger partial charge < -0.3 is 15.0 Å². The Labute approximate surface area is 203 Å². The molecular formula is C27H36N2O4S. The van der Waals surface area contributed by atoms with E-state index in [2.05, 4.69) is 11.4 Å². The Hall–Kier alpha value is -2.64. The van der Waals surface area contributed by atoms with Gasteiger partial charge in [0.25, 0.3) is 5.91 Å². The van der Waals surface area contributed by atoms with Crippen LogP contribution in [0.5, 0.6) is 5.75 Å². The molecule has 0 saturated heterocycles. The monoisotopic (exact) mass is 484 g/mol. The summed E-state index contributed by atoms with van der Waals surface area (Å²) in [6, 6.07) is 13.3. The van der Waals surface area contributed by atoms with Crippen LogP contribution in [0.4, 0.5) is 0 Å². The van der Waals surface area contributed by atoms with E-state index in [4.69, 9.17) is 4.74 Å². The van der Waals surface area contributed by atoms with Crippen molar-refractivity contribution in [1.82, 2.24) is 10.2 Å². The molecule has 1 aliphatic rings. The molecule has 0 saturated carbocycles. The number of fused-ring (bicyclic) bond motifs is 1. The Kier molecular flexibility index (Phi) is 9.30. The number of sulfone groups is 1. The molecule has 0 atom stereocenters. The first-order chi connectivity index (χ1) is 16.4. The highest BCUT2D eigenvalue weighted by Gasteiger charge is 2.18. The van der Waals surface area contributed by atoms with Crippen molar-refractivity contribution in [3.8, 4) is 5.75 Å². The highest BCUT2D eigenvalue weighted by molar-refractivity contribution is 7.90. The number of ether oxygens (including phenoxy) is 1. The Bertz CT molecular complexity index is 1100. The zero-order valence-electron chi connectivity index (χ0n) is 20.5. The van der Waals surface area contributed by atoms with Crippen LogP contribution in [0.25, 0.3) is 5.57 Å². The van der Waals surface area contributed by atoms with Crippen molar-refractivity contribution in [3.05, 3.63) is 70.8 Å². The average Bonchev–Trinajstić information content (AvgIpc) is 2.89. The van der Waals surface area contributed by atoms with Crippen LogP contribution in [0.2, 0.25) is 0 Å². The lowest BCUT2D eigenvalue weighted by atomic mass is 9.94. The molecule has 34 heavy (non-hydrogen) atoms. The Morgan fingerprint density at radius 3 is 2.44 bits per heavy atom. The van der Waals surface area contributed by atoms with Gasteiger partial charge in [-0.2, -0.15) is 0 Å². The molecule has 1 aliphatic heterocycles. The van der Waals surface area contributed by atoms with Crippen molar-refractivity contribution >= 4 is 21.3 Å². The van der Waals surface area contributed by atoms with Gasteiger partial charge in [-0.1, -0.05) is 31.2 Å². The number of nitrogens with zero attached hydrogens (tertiary/aromatic N) is 1. The van der Waals surface area contributed by atoms with Crippen LogP contribution >= 0.6 is 0 Å². The lowest BCUT2D eigenvalue weighted by molar-refractivity contribution is 0.0773. The molecule has 0 radical (unpaired) electrons. The summed E-state index contributed by atoms with van der Waals surface area (Å²) in [6.07, 6.45) is 3.88. The first-order valence-corrected chi connectivity index (χ1v) is 14.0. The number of amides is 1. The average molecular weight is 485 g/mol. The fraction of sp³-hybridized carbons (Fsp3) is 0.444. The maximum Gasteiger partial charge on any atom is 0.253 e. The maximum atomic E-state index is 12.7. The quantitative estimate of drug-likeness (QED) is 0.634. The van der Waals surface area contributed by atoms with Crippen LogP contribution in [-0.2, 0) is 15.6 Å². The first kappa shape index (κ1) is 26.0. The first-order valence-electron chi connectivity index (χ1n) is 12.2. The number of hydrogen-bond donors (Lipinski definition) is 1. The molecule has 0 fully saturated rings. The Morgan fingerprint density at radius 1 is 1.03 bits per heavy atom. The van der Waals surface area contributed by atoms with Crippen LogP contribution in [-0.4, -0.2) is 57.8 Å². The van der Waals surface area contributed by atoms with Crippen molar-refractivity contribution in [2.45, 2.75) is 39.4 Å². The Morgan fingerprint density at radius 2 is 1.76 bits per heavy atom. The third kappa shape index (κ3) is 6.70. The van der Waals surface area contributed by atoms with E-state index in [1.54, 1.807) is 11.8 Å². The van der Waals surface area contributed by atoms with Gasteiger partial charge in [-0.15, -0.1) is 0 Å². The van der Waals surface area contributed by atoms with Gasteiger partial charge in [0.1, 0.15) is 5.75 Å². The molecule has 0 bridgehead atoms. The van der Waals surface area contributed by atoms with Crippen molar-refractivity contribution in [2.75, 3.05) is 38.5 Å². The van der Waals surface area contributed by atoms with Gasteiger partial charge in [0, 0.05) is 30.0 Å². The lowest BCUT2D eigenvalue weighted by Crippen LogP contribution is -2.30. The van der Waals surface area contributed by atoms with Crippen molar-refractivity contribution in [2.24, 2.45) is 0 Å². The minimum absolute atomic E-state index is 0.00290. The molecule has 1 heterocycles. The number of rotatable bonds is 7. The van der Waals surface area contributed by atoms with Crippen molar-refractivity contribution < 1.29 is 17.9 Å². The van der Waals surface area contributed by atoms with E-state index in [1.165, 1.54) is 0 Å². The van der Waals surface area contributed by atoms with Crippen molar-refractivity contribution in [1.29, 1.82) is 0 Å². The normalized spacial score (nSPS) is 16.4. The molecule has 1 amide bonds. The molecule has 0 unspecified atom stereocenters. The summed E-state index contributed by atoms with van der Waals surface area (Å²) in [6.45, 7) is 9.27. The summed E-state index contributed by atoms with van der Waals surface area (Å²) >= 11 is 0. The third-order valence-corrected chi connectivity index (χ3v) is 7.73. The standard InChI is InChI=1S/C27H36N2O4S/c1-4-29(5-2)27(30)23-13-11-22(12-14-23)24-9-7-16-28-17-8-18-33-26-15-10-21(19-25(24)26)20-34(31,32)6-3/h9-15,19,28H,4-8,16-18,20H2,1-3H3/b24-9-. The van der Waals surface area contributed by atoms with Gasteiger partial charge >= 0.3 is 0 Å². The van der Waals surface area contributed by atoms with Crippen LogP contribution in [0.1, 0.15) is 60.7 Å². The summed E-state index contributed by atoms with van der Waals surface area (Å²) in [5.74, 6) is 0.877. The second kappa shape index (κ2) is 12.2. The second-order valence-corrected chi connectivity index (χ2v) is 10.8. The lowest BCUT2D eigenvalue weighted by Gasteiger charge is -2.19. The van der Waals surface area contributed by atoms with E-state index in [0.29, 0.717) is 25.3 Å². The molecule has 0 spiro atoms. The van der Waals surface area contributed by atoms with Gasteiger partial charge in [-0.3, -0.25) is 4.79 Å². The summed E-state index contributed by atoms with van der Waals surface area (Å²) < 4.78 is 30.7. The van der Waals surface area contributed by atoms with E-state index >= 15 is 0 Å². The smallest absolute Gasteiger partial charge is 0.253 e. The van der Waals surface area contributed by atoms with Crippen molar-refractivity contribution in [3.63, 3.8) is 0 Å². The molecule has 0 aromatic heterocycles. The molecule has 2 aromatic carbocycles. The third-order valence-electron chi connectivity index (χ3n) is 6.08. The summed E-state index contributed by atoms with van der Waals surface area (Å²) in [5.41, 5.74) is 4.24. The van der Waals surface area contributed by atoms with Crippen LogP contribution in [0.3, 0.4) is 0 Å². The zero-order chi connectivity index (χ0) is 24.6. The fourth-order valence-electron chi connectivity index (χ4n) is 4.05. The molecule has 1 N–H and O–H groups in total. The van der Waals surface area contributed by atoms with Gasteiger partial charge in [-0.25, -0.2) is 8.42 Å². The van der Waals surface area contributed by atoms with Crippen LogP contribution in [0, 0.1) is 0 Å². The number of hydrogen-bond acceptors (Lipinski definition) is 5. The summed E-state index contributed by atoms with van der Waals surface area (Å²) in [5, 5.41) is 3.43. The second-order valence-electron chi connectivity index (χ2n) is 8.42. The van der Waals surface area contributed by atoms with Gasteiger partial charge in [-0.05, 0) is 80.7 Å². The van der Waals surface area contributed by atoms with E-state index in [0.717, 1.165) is 53.9 Å². The van der Waals surface area contributed by atoms with Gasteiger partial charge in [0.2, 0.25) is 0 Å². The highest BCUT2D eigenvalue weighted by atomic mass is 32.2. The van der Waals surface area contributed by atoms with E-state index in [1.807, 2.05) is 56.3 Å². The zero-order valence-corrected chi connectivity index (χ0v) is 21.3. The number of carbonyl (C=O) groups is 1. The molecule has 7 heteroatoms. The summed E-state index contributed by atoms with van der Waals surface area (Å²) in [7, 11) is -3.16. The highest BCUT2D eigenvalue weighted by Crippen LogP contribution is 2.33. The molecular weight excluding hydrogens is 448 g/mol. The van der Waals surface area contributed by atoms with E-state index in [-0.39, 0.29) is 17.4 Å². The minimum atomic E-state index is -3.16. The van der Waals surface area contributed by atoms with E-state index < -0.39 is 9.84 Å². The molecule has 3 rings (SSSR count). The number of carbonyl (C=O) groups excluding carboxylic acids is 1. The predicted molar refractivity (Wildman–Crippen MR) is 138 cm³/mol. The predicted octanol–water partition coefficient (Wildman–Crippen LogP) is 4.30. The van der Waals surface area contributed by atoms with Gasteiger partial charge in [0.15, 0.2) is 9.84 Å². The molecule has 0 aliphatic carbocycles.